The maximum Gasteiger partial charge on any atom is 0.472 e. The zero-order valence-electron chi connectivity index (χ0n) is 34.2. The lowest BCUT2D eigenvalue weighted by molar-refractivity contribution is -0.161. The highest BCUT2D eigenvalue weighted by Crippen LogP contribution is 2.43. The van der Waals surface area contributed by atoms with Gasteiger partial charge in [-0.2, -0.15) is 0 Å². The Labute approximate surface area is 338 Å². The van der Waals surface area contributed by atoms with Crippen LogP contribution < -0.4 is 5.73 Å². The molecule has 0 fully saturated rings. The molecule has 0 aromatic heterocycles. The Kier molecular flexibility index (Phi) is 37.5. The fourth-order valence-corrected chi connectivity index (χ4v) is 5.44. The van der Waals surface area contributed by atoms with Crippen LogP contribution in [0.3, 0.4) is 0 Å². The molecule has 0 radical (unpaired) electrons. The molecule has 0 rings (SSSR count). The van der Waals surface area contributed by atoms with Crippen molar-refractivity contribution in [1.29, 1.82) is 0 Å². The molecule has 0 saturated heterocycles. The van der Waals surface area contributed by atoms with E-state index in [0.29, 0.717) is 25.7 Å². The lowest BCUT2D eigenvalue weighted by Gasteiger charge is -2.19. The summed E-state index contributed by atoms with van der Waals surface area (Å²) < 4.78 is 32.6. The number of aliphatic hydroxyl groups excluding tert-OH is 1. The van der Waals surface area contributed by atoms with Crippen molar-refractivity contribution in [3.8, 4) is 0 Å². The Balaban J connectivity index is 4.41. The van der Waals surface area contributed by atoms with Crippen LogP contribution in [-0.4, -0.2) is 60.5 Å². The number of unbranched alkanes of at least 4 members (excludes halogenated alkanes) is 3. The van der Waals surface area contributed by atoms with Crippen LogP contribution >= 0.6 is 7.82 Å². The van der Waals surface area contributed by atoms with Gasteiger partial charge in [-0.3, -0.25) is 18.6 Å². The van der Waals surface area contributed by atoms with E-state index < -0.39 is 32.5 Å². The van der Waals surface area contributed by atoms with Gasteiger partial charge in [0, 0.05) is 19.4 Å². The van der Waals surface area contributed by atoms with E-state index in [1.54, 1.807) is 0 Å². The maximum atomic E-state index is 12.5. The first-order valence-corrected chi connectivity index (χ1v) is 21.9. The van der Waals surface area contributed by atoms with Gasteiger partial charge in [0.1, 0.15) is 6.61 Å². The second-order valence-electron chi connectivity index (χ2n) is 13.0. The summed E-state index contributed by atoms with van der Waals surface area (Å²) in [6.07, 6.45) is 49.8. The molecule has 4 N–H and O–H groups in total. The Morgan fingerprint density at radius 3 is 1.45 bits per heavy atom. The summed E-state index contributed by atoms with van der Waals surface area (Å²) in [6, 6.07) is 0. The standard InChI is InChI=1S/C45H72NO9P/c1-3-4-5-6-7-8-9-10-11-12-15-18-21-24-27-30-33-36-44(48)52-40-43(41-54-56(50,51)53-39-38-46)55-45(49)37-34-31-28-25-22-19-16-13-14-17-20-23-26-29-32-35-42(2)47/h4-5,7-8,10-11,14-19,23-28,42-43,47H,3,6,9,12-13,20-22,29-41,46H2,1-2H3,(H,50,51)/b5-4-,8-7-,11-10-,17-14-,18-15-,19-16-,26-23-,27-24-,28-25-/t42-,43+/m0/s1. The number of allylic oxidation sites excluding steroid dienone is 18. The van der Waals surface area contributed by atoms with Gasteiger partial charge in [-0.1, -0.05) is 116 Å². The largest absolute Gasteiger partial charge is 0.472 e. The average molecular weight is 802 g/mol. The first kappa shape index (κ1) is 52.6. The number of phosphoric ester groups is 1. The minimum Gasteiger partial charge on any atom is -0.462 e. The van der Waals surface area contributed by atoms with Crippen LogP contribution in [0.15, 0.2) is 109 Å². The number of rotatable bonds is 36. The number of esters is 2. The predicted octanol–water partition coefficient (Wildman–Crippen LogP) is 10.6. The molecule has 56 heavy (non-hydrogen) atoms. The van der Waals surface area contributed by atoms with E-state index in [2.05, 4.69) is 98.1 Å². The molecule has 3 atom stereocenters. The number of carbonyl (C=O) groups is 2. The van der Waals surface area contributed by atoms with Crippen LogP contribution in [0.5, 0.6) is 0 Å². The molecule has 0 heterocycles. The number of phosphoric acid groups is 1. The summed E-state index contributed by atoms with van der Waals surface area (Å²) in [4.78, 5) is 34.8. The van der Waals surface area contributed by atoms with Crippen LogP contribution in [0.4, 0.5) is 0 Å². The monoisotopic (exact) mass is 801 g/mol. The number of carbonyl (C=O) groups excluding carboxylic acids is 2. The third-order valence-corrected chi connectivity index (χ3v) is 8.65. The predicted molar refractivity (Wildman–Crippen MR) is 230 cm³/mol. The van der Waals surface area contributed by atoms with Gasteiger partial charge in [0.05, 0.1) is 19.3 Å². The normalized spacial score (nSPS) is 15.0. The quantitative estimate of drug-likeness (QED) is 0.0241. The van der Waals surface area contributed by atoms with Gasteiger partial charge in [-0.15, -0.1) is 0 Å². The van der Waals surface area contributed by atoms with Gasteiger partial charge < -0.3 is 25.2 Å². The first-order valence-electron chi connectivity index (χ1n) is 20.4. The van der Waals surface area contributed by atoms with Crippen molar-refractivity contribution in [2.75, 3.05) is 26.4 Å². The third kappa shape index (κ3) is 40.3. The fourth-order valence-electron chi connectivity index (χ4n) is 4.68. The van der Waals surface area contributed by atoms with E-state index in [4.69, 9.17) is 24.3 Å². The third-order valence-electron chi connectivity index (χ3n) is 7.66. The van der Waals surface area contributed by atoms with Gasteiger partial charge in [-0.25, -0.2) is 4.57 Å². The summed E-state index contributed by atoms with van der Waals surface area (Å²) in [5.74, 6) is -0.994. The SMILES string of the molecule is CC/C=C\C/C=C\C/C=C\C/C=C\C/C=C\CCCC(=O)OC[C@H](COP(=O)(O)OCCN)OC(=O)CCC/C=C\C/C=C\C/C=C\C/C=C\CCC[C@H](C)O. The lowest BCUT2D eigenvalue weighted by Crippen LogP contribution is -2.29. The molecule has 10 nitrogen and oxygen atoms in total. The molecule has 316 valence electrons. The topological polar surface area (TPSA) is 155 Å². The Hall–Kier alpha value is -3.37. The highest BCUT2D eigenvalue weighted by atomic mass is 31.2. The summed E-state index contributed by atoms with van der Waals surface area (Å²) in [5, 5.41) is 9.26. The Bertz CT molecular complexity index is 1290. The number of aliphatic hydroxyl groups is 1. The molecule has 0 aromatic rings. The average Bonchev–Trinajstić information content (AvgIpc) is 3.17. The molecular weight excluding hydrogens is 729 g/mol. The van der Waals surface area contributed by atoms with Crippen molar-refractivity contribution >= 4 is 19.8 Å². The molecule has 0 bridgehead atoms. The van der Waals surface area contributed by atoms with Crippen LogP contribution in [-0.2, 0) is 32.7 Å². The summed E-state index contributed by atoms with van der Waals surface area (Å²) in [5.41, 5.74) is 5.33. The lowest BCUT2D eigenvalue weighted by atomic mass is 10.1. The minimum absolute atomic E-state index is 0.0252. The molecule has 0 amide bonds. The van der Waals surface area contributed by atoms with Gasteiger partial charge >= 0.3 is 19.8 Å². The van der Waals surface area contributed by atoms with Crippen molar-refractivity contribution in [2.45, 2.75) is 135 Å². The highest BCUT2D eigenvalue weighted by Gasteiger charge is 2.25. The van der Waals surface area contributed by atoms with Crippen molar-refractivity contribution < 1.29 is 42.7 Å². The maximum absolute atomic E-state index is 12.5. The molecule has 0 saturated carbocycles. The van der Waals surface area contributed by atoms with Crippen molar-refractivity contribution in [1.82, 2.24) is 0 Å². The molecule has 1 unspecified atom stereocenters. The van der Waals surface area contributed by atoms with E-state index >= 15 is 0 Å². The zero-order valence-corrected chi connectivity index (χ0v) is 35.1. The first-order chi connectivity index (χ1) is 27.2. The second-order valence-corrected chi connectivity index (χ2v) is 14.5. The van der Waals surface area contributed by atoms with E-state index in [0.717, 1.165) is 70.6 Å². The minimum atomic E-state index is -4.42. The number of nitrogens with two attached hydrogens (primary N) is 1. The fraction of sp³-hybridized carbons (Fsp3) is 0.556. The van der Waals surface area contributed by atoms with Crippen LogP contribution in [0.25, 0.3) is 0 Å². The summed E-state index contributed by atoms with van der Waals surface area (Å²) in [6.45, 7) is 2.99. The van der Waals surface area contributed by atoms with Crippen molar-refractivity contribution in [3.05, 3.63) is 109 Å². The molecule has 0 aliphatic heterocycles. The molecule has 0 spiro atoms. The van der Waals surface area contributed by atoms with Gasteiger partial charge in [0.25, 0.3) is 0 Å². The zero-order chi connectivity index (χ0) is 41.2. The van der Waals surface area contributed by atoms with Crippen LogP contribution in [0, 0.1) is 0 Å². The highest BCUT2D eigenvalue weighted by molar-refractivity contribution is 7.47. The van der Waals surface area contributed by atoms with E-state index in [1.807, 2.05) is 25.2 Å². The summed E-state index contributed by atoms with van der Waals surface area (Å²) >= 11 is 0. The Morgan fingerprint density at radius 2 is 1.02 bits per heavy atom. The molecule has 11 heteroatoms. The molecule has 0 aromatic carbocycles. The summed E-state index contributed by atoms with van der Waals surface area (Å²) in [7, 11) is -4.42. The van der Waals surface area contributed by atoms with E-state index in [1.165, 1.54) is 0 Å². The van der Waals surface area contributed by atoms with Crippen LogP contribution in [0.1, 0.15) is 123 Å². The van der Waals surface area contributed by atoms with E-state index in [-0.39, 0.29) is 38.7 Å². The van der Waals surface area contributed by atoms with Crippen molar-refractivity contribution in [2.24, 2.45) is 5.73 Å². The van der Waals surface area contributed by atoms with Gasteiger partial charge in [0.2, 0.25) is 0 Å². The number of ether oxygens (including phenoxy) is 2. The smallest absolute Gasteiger partial charge is 0.462 e. The van der Waals surface area contributed by atoms with Crippen molar-refractivity contribution in [3.63, 3.8) is 0 Å². The van der Waals surface area contributed by atoms with Crippen LogP contribution in [0.2, 0.25) is 0 Å². The number of hydrogen-bond donors (Lipinski definition) is 3. The van der Waals surface area contributed by atoms with Gasteiger partial charge in [-0.05, 0) is 103 Å². The molecule has 0 aliphatic rings. The molecule has 0 aliphatic carbocycles. The second kappa shape index (κ2) is 39.8. The number of hydrogen-bond acceptors (Lipinski definition) is 9. The van der Waals surface area contributed by atoms with Gasteiger partial charge in [0.15, 0.2) is 6.10 Å². The van der Waals surface area contributed by atoms with E-state index in [9.17, 15) is 24.2 Å². The Morgan fingerprint density at radius 1 is 0.607 bits per heavy atom. The molecular formula is C45H72NO9P.